The van der Waals surface area contributed by atoms with Crippen LogP contribution in [0.15, 0.2) is 93.5 Å². The number of nitrogens with zero attached hydrogens (tertiary/aromatic N) is 4. The molecule has 7 nitrogen and oxygen atoms in total. The molecule has 0 fully saturated rings. The summed E-state index contributed by atoms with van der Waals surface area (Å²) in [5, 5.41) is 19.4. The van der Waals surface area contributed by atoms with Crippen molar-refractivity contribution in [2.45, 2.75) is 11.0 Å². The van der Waals surface area contributed by atoms with E-state index in [1.807, 2.05) is 42.5 Å². The second-order valence-corrected chi connectivity index (χ2v) is 7.23. The van der Waals surface area contributed by atoms with Crippen molar-refractivity contribution in [1.82, 2.24) is 10.2 Å². The fourth-order valence-electron chi connectivity index (χ4n) is 2.63. The van der Waals surface area contributed by atoms with Crippen LogP contribution in [0.2, 0.25) is 0 Å². The summed E-state index contributed by atoms with van der Waals surface area (Å²) in [7, 11) is 0. The maximum Gasteiger partial charge on any atom is 0.277 e. The molecule has 0 saturated heterocycles. The van der Waals surface area contributed by atoms with E-state index in [0.717, 1.165) is 22.6 Å². The molecule has 0 unspecified atom stereocenters. The third kappa shape index (κ3) is 4.98. The molecule has 1 aromatic heterocycles. The van der Waals surface area contributed by atoms with Gasteiger partial charge in [-0.15, -0.1) is 10.2 Å². The molecule has 148 valence electrons. The SMILES string of the molecule is O=[N+]([O-])c1ccc(C=Nc2ccc(-c3nnc(SCc4ccccc4)o3)cc2)cc1. The van der Waals surface area contributed by atoms with Crippen molar-refractivity contribution in [3.8, 4) is 11.5 Å². The van der Waals surface area contributed by atoms with E-state index in [-0.39, 0.29) is 5.69 Å². The number of hydrogen-bond acceptors (Lipinski definition) is 7. The van der Waals surface area contributed by atoms with Gasteiger partial charge in [-0.1, -0.05) is 42.1 Å². The number of hydrogen-bond donors (Lipinski definition) is 0. The van der Waals surface area contributed by atoms with E-state index < -0.39 is 4.92 Å². The number of aliphatic imine (C=N–C) groups is 1. The van der Waals surface area contributed by atoms with Crippen molar-refractivity contribution >= 4 is 29.4 Å². The Balaban J connectivity index is 1.38. The molecule has 0 aliphatic heterocycles. The molecule has 0 spiro atoms. The molecular weight excluding hydrogens is 400 g/mol. The largest absolute Gasteiger partial charge is 0.411 e. The monoisotopic (exact) mass is 416 g/mol. The van der Waals surface area contributed by atoms with E-state index in [2.05, 4.69) is 27.3 Å². The van der Waals surface area contributed by atoms with Crippen LogP contribution in [0.1, 0.15) is 11.1 Å². The first-order valence-corrected chi connectivity index (χ1v) is 10.1. The average Bonchev–Trinajstić information content (AvgIpc) is 3.27. The van der Waals surface area contributed by atoms with E-state index >= 15 is 0 Å². The number of aromatic nitrogens is 2. The fraction of sp³-hybridized carbons (Fsp3) is 0.0455. The minimum absolute atomic E-state index is 0.0531. The van der Waals surface area contributed by atoms with E-state index in [1.165, 1.54) is 29.5 Å². The first-order valence-electron chi connectivity index (χ1n) is 9.06. The molecule has 4 rings (SSSR count). The first kappa shape index (κ1) is 19.5. The minimum Gasteiger partial charge on any atom is -0.411 e. The van der Waals surface area contributed by atoms with Gasteiger partial charge in [0.05, 0.1) is 10.6 Å². The topological polar surface area (TPSA) is 94.4 Å². The van der Waals surface area contributed by atoms with Crippen LogP contribution in [0.3, 0.4) is 0 Å². The van der Waals surface area contributed by atoms with Gasteiger partial charge in [-0.05, 0) is 47.5 Å². The van der Waals surface area contributed by atoms with Crippen LogP contribution >= 0.6 is 11.8 Å². The Morgan fingerprint density at radius 3 is 2.40 bits per heavy atom. The average molecular weight is 416 g/mol. The molecule has 8 heteroatoms. The molecule has 0 N–H and O–H groups in total. The summed E-state index contributed by atoms with van der Waals surface area (Å²) in [6.07, 6.45) is 1.66. The predicted octanol–water partition coefficient (Wildman–Crippen LogP) is 5.69. The standard InChI is InChI=1S/C22H16N4O3S/c27-26(28)20-12-6-16(7-13-20)14-23-19-10-8-18(9-11-19)21-24-25-22(29-21)30-15-17-4-2-1-3-5-17/h1-14H,15H2. The molecule has 0 saturated carbocycles. The fourth-order valence-corrected chi connectivity index (χ4v) is 3.34. The molecule has 4 aromatic rings. The van der Waals surface area contributed by atoms with Gasteiger partial charge >= 0.3 is 0 Å². The molecule has 0 atom stereocenters. The molecule has 0 amide bonds. The lowest BCUT2D eigenvalue weighted by molar-refractivity contribution is -0.384. The molecule has 0 aliphatic carbocycles. The van der Waals surface area contributed by atoms with E-state index in [9.17, 15) is 10.1 Å². The number of non-ortho nitro benzene ring substituents is 1. The van der Waals surface area contributed by atoms with Gasteiger partial charge in [0.2, 0.25) is 5.89 Å². The highest BCUT2D eigenvalue weighted by molar-refractivity contribution is 7.98. The third-order valence-corrected chi connectivity index (χ3v) is 5.08. The number of nitro groups is 1. The quantitative estimate of drug-likeness (QED) is 0.166. The van der Waals surface area contributed by atoms with Crippen molar-refractivity contribution in [2.75, 3.05) is 0 Å². The molecule has 1 heterocycles. The van der Waals surface area contributed by atoms with Gasteiger partial charge in [-0.25, -0.2) is 0 Å². The van der Waals surface area contributed by atoms with Crippen molar-refractivity contribution in [3.05, 3.63) is 100 Å². The Hall–Kier alpha value is -3.78. The van der Waals surface area contributed by atoms with E-state index in [0.29, 0.717) is 11.1 Å². The molecule has 3 aromatic carbocycles. The highest BCUT2D eigenvalue weighted by Crippen LogP contribution is 2.27. The lowest BCUT2D eigenvalue weighted by Gasteiger charge is -1.98. The molecule has 30 heavy (non-hydrogen) atoms. The second kappa shape index (κ2) is 9.15. The van der Waals surface area contributed by atoms with Gasteiger partial charge in [-0.2, -0.15) is 0 Å². The number of rotatable bonds is 7. The summed E-state index contributed by atoms with van der Waals surface area (Å²) in [4.78, 5) is 14.7. The van der Waals surface area contributed by atoms with Gasteiger partial charge in [0.1, 0.15) is 0 Å². The summed E-state index contributed by atoms with van der Waals surface area (Å²) in [6, 6.07) is 23.7. The third-order valence-electron chi connectivity index (χ3n) is 4.19. The van der Waals surface area contributed by atoms with Crippen molar-refractivity contribution in [1.29, 1.82) is 0 Å². The van der Waals surface area contributed by atoms with Crippen molar-refractivity contribution in [3.63, 3.8) is 0 Å². The van der Waals surface area contributed by atoms with Crippen LogP contribution in [0.25, 0.3) is 11.5 Å². The Morgan fingerprint density at radius 2 is 1.70 bits per heavy atom. The molecule has 0 aliphatic rings. The van der Waals surface area contributed by atoms with Crippen molar-refractivity contribution < 1.29 is 9.34 Å². The predicted molar refractivity (Wildman–Crippen MR) is 116 cm³/mol. The van der Waals surface area contributed by atoms with Gasteiger partial charge in [0.25, 0.3) is 10.9 Å². The highest BCUT2D eigenvalue weighted by atomic mass is 32.2. The van der Waals surface area contributed by atoms with Gasteiger partial charge in [-0.3, -0.25) is 15.1 Å². The van der Waals surface area contributed by atoms with Crippen LogP contribution in [0.5, 0.6) is 0 Å². The second-order valence-electron chi connectivity index (χ2n) is 6.30. The zero-order valence-electron chi connectivity index (χ0n) is 15.7. The molecular formula is C22H16N4O3S. The van der Waals surface area contributed by atoms with Crippen LogP contribution in [-0.4, -0.2) is 21.3 Å². The summed E-state index contributed by atoms with van der Waals surface area (Å²) in [5.41, 5.74) is 3.58. The van der Waals surface area contributed by atoms with Crippen molar-refractivity contribution in [2.24, 2.45) is 4.99 Å². The maximum absolute atomic E-state index is 10.7. The Morgan fingerprint density at radius 1 is 0.967 bits per heavy atom. The minimum atomic E-state index is -0.428. The lowest BCUT2D eigenvalue weighted by Crippen LogP contribution is -1.88. The number of thioether (sulfide) groups is 1. The lowest BCUT2D eigenvalue weighted by atomic mass is 10.2. The zero-order chi connectivity index (χ0) is 20.8. The van der Waals surface area contributed by atoms with Crippen LogP contribution in [0, 0.1) is 10.1 Å². The van der Waals surface area contributed by atoms with Gasteiger partial charge in [0.15, 0.2) is 0 Å². The Kier molecular flexibility index (Phi) is 5.95. The van der Waals surface area contributed by atoms with E-state index in [1.54, 1.807) is 18.3 Å². The summed E-state index contributed by atoms with van der Waals surface area (Å²) in [5.74, 6) is 1.22. The maximum atomic E-state index is 10.7. The first-order chi connectivity index (χ1) is 14.7. The van der Waals surface area contributed by atoms with Gasteiger partial charge in [0, 0.05) is 29.7 Å². The molecule has 0 radical (unpaired) electrons. The van der Waals surface area contributed by atoms with Crippen LogP contribution < -0.4 is 0 Å². The summed E-state index contributed by atoms with van der Waals surface area (Å²) in [6.45, 7) is 0. The van der Waals surface area contributed by atoms with Gasteiger partial charge < -0.3 is 4.42 Å². The van der Waals surface area contributed by atoms with Crippen LogP contribution in [-0.2, 0) is 5.75 Å². The smallest absolute Gasteiger partial charge is 0.277 e. The number of nitro benzene ring substituents is 1. The Bertz CT molecular complexity index is 1160. The molecule has 0 bridgehead atoms. The summed E-state index contributed by atoms with van der Waals surface area (Å²) < 4.78 is 5.74. The summed E-state index contributed by atoms with van der Waals surface area (Å²) >= 11 is 1.49. The van der Waals surface area contributed by atoms with E-state index in [4.69, 9.17) is 4.42 Å². The van der Waals surface area contributed by atoms with Crippen LogP contribution in [0.4, 0.5) is 11.4 Å². The zero-order valence-corrected chi connectivity index (χ0v) is 16.5. The Labute approximate surface area is 176 Å². The normalized spacial score (nSPS) is 11.1. The highest BCUT2D eigenvalue weighted by Gasteiger charge is 2.09. The number of benzene rings is 3.